The highest BCUT2D eigenvalue weighted by atomic mass is 32.1. The fourth-order valence-corrected chi connectivity index (χ4v) is 5.82. The molecule has 2 aromatic carbocycles. The Kier molecular flexibility index (Phi) is 7.95. The van der Waals surface area contributed by atoms with Crippen LogP contribution in [-0.4, -0.2) is 28.2 Å². The van der Waals surface area contributed by atoms with Crippen LogP contribution in [0, 0.1) is 17.0 Å². The second-order valence-corrected chi connectivity index (χ2v) is 11.0. The van der Waals surface area contributed by atoms with Crippen LogP contribution in [-0.2, 0) is 9.53 Å². The first kappa shape index (κ1) is 28.7. The summed E-state index contributed by atoms with van der Waals surface area (Å²) in [6.07, 6.45) is 1.22. The highest BCUT2D eigenvalue weighted by Gasteiger charge is 2.34. The molecular weight excluding hydrogens is 558 g/mol. The zero-order chi connectivity index (χ0) is 30.1. The summed E-state index contributed by atoms with van der Waals surface area (Å²) in [4.78, 5) is 43.3. The summed E-state index contributed by atoms with van der Waals surface area (Å²) in [5.74, 6) is 0.776. The number of ether oxygens (including phenoxy) is 2. The van der Waals surface area contributed by atoms with Gasteiger partial charge in [0.15, 0.2) is 4.80 Å². The Balaban J connectivity index is 1.62. The molecule has 42 heavy (non-hydrogen) atoms. The minimum Gasteiger partial charge on any atom is -0.494 e. The number of furan rings is 1. The first-order chi connectivity index (χ1) is 20.1. The maximum absolute atomic E-state index is 13.9. The number of thiazole rings is 1. The number of nitro groups is 1. The maximum atomic E-state index is 13.9. The van der Waals surface area contributed by atoms with Gasteiger partial charge >= 0.3 is 5.97 Å². The molecule has 4 aromatic rings. The van der Waals surface area contributed by atoms with Crippen molar-refractivity contribution in [2.24, 2.45) is 4.99 Å². The van der Waals surface area contributed by atoms with E-state index in [4.69, 9.17) is 13.9 Å². The van der Waals surface area contributed by atoms with Gasteiger partial charge in [0.05, 0.1) is 45.0 Å². The van der Waals surface area contributed by atoms with Gasteiger partial charge in [-0.2, -0.15) is 0 Å². The largest absolute Gasteiger partial charge is 0.494 e. The fraction of sp³-hybridized carbons (Fsp3) is 0.258. The number of hydrogen-bond acceptors (Lipinski definition) is 9. The molecule has 0 unspecified atom stereocenters. The van der Waals surface area contributed by atoms with Gasteiger partial charge in [-0.25, -0.2) is 9.79 Å². The fourth-order valence-electron chi connectivity index (χ4n) is 4.79. The van der Waals surface area contributed by atoms with Crippen LogP contribution in [0.4, 0.5) is 5.69 Å². The number of carbonyl (C=O) groups excluding carboxylic acids is 1. The van der Waals surface area contributed by atoms with Crippen molar-refractivity contribution in [1.82, 2.24) is 4.57 Å². The molecule has 1 atom stereocenters. The minimum absolute atomic E-state index is 0.0677. The topological polar surface area (TPSA) is 126 Å². The summed E-state index contributed by atoms with van der Waals surface area (Å²) in [5, 5.41) is 11.6. The van der Waals surface area contributed by atoms with Crippen LogP contribution in [0.1, 0.15) is 50.6 Å². The normalized spacial score (nSPS) is 15.0. The zero-order valence-electron chi connectivity index (χ0n) is 23.7. The lowest BCUT2D eigenvalue weighted by Crippen LogP contribution is -2.40. The van der Waals surface area contributed by atoms with Crippen molar-refractivity contribution in [2.75, 3.05) is 6.61 Å². The molecule has 0 radical (unpaired) electrons. The lowest BCUT2D eigenvalue weighted by Gasteiger charge is -2.25. The number of fused-ring (bicyclic) bond motifs is 1. The SMILES string of the molecule is CCOc1ccc([C@@H]2C(C(=O)OC(C)C)=C(C)N=c3s/c(=C/c4ccc(-c5ccc(C)cc5[N+](=O)[O-])o4)c(=O)n32)cc1. The van der Waals surface area contributed by atoms with Crippen LogP contribution in [0.25, 0.3) is 17.4 Å². The van der Waals surface area contributed by atoms with E-state index < -0.39 is 16.9 Å². The highest BCUT2D eigenvalue weighted by molar-refractivity contribution is 7.07. The molecule has 10 nitrogen and oxygen atoms in total. The molecule has 0 fully saturated rings. The average Bonchev–Trinajstić information content (AvgIpc) is 3.52. The molecule has 0 spiro atoms. The first-order valence-electron chi connectivity index (χ1n) is 13.4. The van der Waals surface area contributed by atoms with E-state index >= 15 is 0 Å². The van der Waals surface area contributed by atoms with E-state index in [-0.39, 0.29) is 22.9 Å². The van der Waals surface area contributed by atoms with Gasteiger partial charge in [-0.3, -0.25) is 19.5 Å². The quantitative estimate of drug-likeness (QED) is 0.160. The Morgan fingerprint density at radius 3 is 2.57 bits per heavy atom. The van der Waals surface area contributed by atoms with Crippen LogP contribution in [0.15, 0.2) is 80.1 Å². The molecule has 0 amide bonds. The van der Waals surface area contributed by atoms with Crippen molar-refractivity contribution in [1.29, 1.82) is 0 Å². The summed E-state index contributed by atoms with van der Waals surface area (Å²) in [7, 11) is 0. The maximum Gasteiger partial charge on any atom is 0.338 e. The monoisotopic (exact) mass is 587 g/mol. The number of aromatic nitrogens is 1. The van der Waals surface area contributed by atoms with E-state index in [1.165, 1.54) is 10.6 Å². The lowest BCUT2D eigenvalue weighted by atomic mass is 9.96. The number of hydrogen-bond donors (Lipinski definition) is 0. The minimum atomic E-state index is -0.771. The van der Waals surface area contributed by atoms with Crippen molar-refractivity contribution >= 4 is 29.1 Å². The summed E-state index contributed by atoms with van der Waals surface area (Å²) in [6.45, 7) is 9.42. The predicted molar refractivity (Wildman–Crippen MR) is 158 cm³/mol. The second kappa shape index (κ2) is 11.6. The van der Waals surface area contributed by atoms with E-state index in [2.05, 4.69) is 4.99 Å². The van der Waals surface area contributed by atoms with Gasteiger partial charge in [0, 0.05) is 12.1 Å². The standard InChI is InChI=1S/C31H29N3O7S/c1-6-39-21-10-8-20(9-11-21)28-27(30(36)40-17(2)3)19(5)32-31-33(28)29(35)26(42-31)16-22-12-14-25(41-22)23-13-7-18(4)15-24(23)34(37)38/h7-17,28H,6H2,1-5H3/b26-16+/t28-/m1/s1. The molecule has 216 valence electrons. The van der Waals surface area contributed by atoms with Gasteiger partial charge in [0.25, 0.3) is 11.2 Å². The number of allylic oxidation sites excluding steroid dienone is 1. The van der Waals surface area contributed by atoms with Gasteiger partial charge in [0.1, 0.15) is 17.3 Å². The van der Waals surface area contributed by atoms with Crippen molar-refractivity contribution in [2.45, 2.75) is 46.8 Å². The molecule has 0 bridgehead atoms. The number of nitrogens with zero attached hydrogens (tertiary/aromatic N) is 3. The molecule has 11 heteroatoms. The van der Waals surface area contributed by atoms with E-state index in [0.717, 1.165) is 16.9 Å². The van der Waals surface area contributed by atoms with Gasteiger partial charge in [-0.15, -0.1) is 0 Å². The summed E-state index contributed by atoms with van der Waals surface area (Å²) < 4.78 is 18.9. The van der Waals surface area contributed by atoms with Crippen molar-refractivity contribution in [3.63, 3.8) is 0 Å². The molecule has 1 aliphatic heterocycles. The second-order valence-electron chi connectivity index (χ2n) is 10.0. The van der Waals surface area contributed by atoms with E-state index in [0.29, 0.717) is 50.0 Å². The number of aryl methyl sites for hydroxylation is 1. The third-order valence-electron chi connectivity index (χ3n) is 6.61. The summed E-state index contributed by atoms with van der Waals surface area (Å²) >= 11 is 1.16. The molecule has 0 saturated heterocycles. The Morgan fingerprint density at radius 2 is 1.90 bits per heavy atom. The summed E-state index contributed by atoms with van der Waals surface area (Å²) in [5.41, 5.74) is 2.10. The Morgan fingerprint density at radius 1 is 1.17 bits per heavy atom. The van der Waals surface area contributed by atoms with Crippen molar-refractivity contribution in [3.05, 3.63) is 113 Å². The lowest BCUT2D eigenvalue weighted by molar-refractivity contribution is -0.384. The number of esters is 1. The smallest absolute Gasteiger partial charge is 0.338 e. The molecule has 0 aliphatic carbocycles. The Hall–Kier alpha value is -4.77. The van der Waals surface area contributed by atoms with Gasteiger partial charge in [-0.05, 0) is 76.1 Å². The van der Waals surface area contributed by atoms with Crippen molar-refractivity contribution < 1.29 is 23.6 Å². The number of nitro benzene ring substituents is 1. The molecule has 0 N–H and O–H groups in total. The highest BCUT2D eigenvalue weighted by Crippen LogP contribution is 2.33. The Bertz CT molecular complexity index is 1900. The number of rotatable bonds is 8. The number of carbonyl (C=O) groups is 1. The van der Waals surface area contributed by atoms with E-state index in [9.17, 15) is 19.7 Å². The molecule has 0 saturated carbocycles. The van der Waals surface area contributed by atoms with Gasteiger partial charge in [-0.1, -0.05) is 29.5 Å². The van der Waals surface area contributed by atoms with Crippen LogP contribution in [0.2, 0.25) is 0 Å². The van der Waals surface area contributed by atoms with Gasteiger partial charge in [0.2, 0.25) is 0 Å². The van der Waals surface area contributed by atoms with E-state index in [1.54, 1.807) is 70.2 Å². The third-order valence-corrected chi connectivity index (χ3v) is 7.59. The van der Waals surface area contributed by atoms with Crippen LogP contribution < -0.4 is 19.6 Å². The molecule has 5 rings (SSSR count). The van der Waals surface area contributed by atoms with Gasteiger partial charge < -0.3 is 13.9 Å². The zero-order valence-corrected chi connectivity index (χ0v) is 24.6. The average molecular weight is 588 g/mol. The number of benzene rings is 2. The van der Waals surface area contributed by atoms with E-state index in [1.807, 2.05) is 19.1 Å². The Labute approximate surface area is 245 Å². The van der Waals surface area contributed by atoms with Crippen LogP contribution >= 0.6 is 11.3 Å². The predicted octanol–water partition coefficient (Wildman–Crippen LogP) is 5.06. The molecule has 1 aliphatic rings. The molecule has 2 aromatic heterocycles. The summed E-state index contributed by atoms with van der Waals surface area (Å²) in [6, 6.07) is 14.6. The first-order valence-corrected chi connectivity index (χ1v) is 14.2. The van der Waals surface area contributed by atoms with Crippen molar-refractivity contribution in [3.8, 4) is 17.1 Å². The van der Waals surface area contributed by atoms with Crippen LogP contribution in [0.5, 0.6) is 5.75 Å². The van der Waals surface area contributed by atoms with Crippen LogP contribution in [0.3, 0.4) is 0 Å². The third kappa shape index (κ3) is 5.55. The molecular formula is C31H29N3O7S. The molecule has 3 heterocycles.